The molecule has 0 unspecified atom stereocenters. The van der Waals surface area contributed by atoms with E-state index in [9.17, 15) is 0 Å². The van der Waals surface area contributed by atoms with Gasteiger partial charge in [-0.05, 0) is 44.2 Å². The van der Waals surface area contributed by atoms with Gasteiger partial charge in [-0.2, -0.15) is 0 Å². The summed E-state index contributed by atoms with van der Waals surface area (Å²) in [6.07, 6.45) is 1.15. The second-order valence-corrected chi connectivity index (χ2v) is 5.14. The van der Waals surface area contributed by atoms with Crippen molar-refractivity contribution in [2.24, 2.45) is 0 Å². The molecule has 0 aliphatic carbocycles. The first-order chi connectivity index (χ1) is 9.33. The number of benzene rings is 1. The van der Waals surface area contributed by atoms with Crippen LogP contribution in [-0.2, 0) is 6.54 Å². The zero-order valence-electron chi connectivity index (χ0n) is 11.5. The van der Waals surface area contributed by atoms with Gasteiger partial charge in [0.25, 0.3) is 0 Å². The van der Waals surface area contributed by atoms with E-state index in [1.807, 2.05) is 19.1 Å². The van der Waals surface area contributed by atoms with Gasteiger partial charge in [0, 0.05) is 17.5 Å². The number of aromatic nitrogens is 1. The molecule has 0 amide bonds. The molecule has 0 saturated heterocycles. The van der Waals surface area contributed by atoms with Crippen LogP contribution in [0.4, 0.5) is 0 Å². The van der Waals surface area contributed by atoms with Crippen molar-refractivity contribution in [1.82, 2.24) is 10.3 Å². The summed E-state index contributed by atoms with van der Waals surface area (Å²) in [5.74, 6) is 0.910. The maximum atomic E-state index is 5.44. The summed E-state index contributed by atoms with van der Waals surface area (Å²) in [6, 6.07) is 8.12. The number of nitrogens with zero attached hydrogens (tertiary/aromatic N) is 1. The number of rotatable bonds is 7. The molecule has 0 atom stereocenters. The quantitative estimate of drug-likeness (QED) is 0.783. The van der Waals surface area contributed by atoms with E-state index < -0.39 is 0 Å². The van der Waals surface area contributed by atoms with Crippen LogP contribution in [-0.4, -0.2) is 18.1 Å². The van der Waals surface area contributed by atoms with Crippen molar-refractivity contribution in [2.45, 2.75) is 26.8 Å². The molecular weight excluding hydrogens is 256 g/mol. The van der Waals surface area contributed by atoms with Gasteiger partial charge in [0.1, 0.15) is 10.8 Å². The van der Waals surface area contributed by atoms with Crippen LogP contribution in [0.25, 0.3) is 10.6 Å². The molecule has 0 aliphatic rings. The topological polar surface area (TPSA) is 34.1 Å². The molecule has 2 rings (SSSR count). The SMILES string of the molecule is CCCNCc1csc(-c2ccc(OCC)cc2)n1. The van der Waals surface area contributed by atoms with Gasteiger partial charge in [-0.25, -0.2) is 4.98 Å². The molecule has 102 valence electrons. The first-order valence-electron chi connectivity index (χ1n) is 6.71. The maximum Gasteiger partial charge on any atom is 0.123 e. The van der Waals surface area contributed by atoms with Crippen molar-refractivity contribution in [3.8, 4) is 16.3 Å². The van der Waals surface area contributed by atoms with Crippen LogP contribution in [0.1, 0.15) is 26.0 Å². The highest BCUT2D eigenvalue weighted by Gasteiger charge is 2.04. The van der Waals surface area contributed by atoms with Crippen molar-refractivity contribution in [1.29, 1.82) is 0 Å². The second-order valence-electron chi connectivity index (χ2n) is 4.28. The van der Waals surface area contributed by atoms with Crippen molar-refractivity contribution in [3.05, 3.63) is 35.3 Å². The van der Waals surface area contributed by atoms with E-state index in [0.717, 1.165) is 41.5 Å². The van der Waals surface area contributed by atoms with Crippen LogP contribution >= 0.6 is 11.3 Å². The standard InChI is InChI=1S/C15H20N2OS/c1-3-9-16-10-13-11-19-15(17-13)12-5-7-14(8-6-12)18-4-2/h5-8,11,16H,3-4,9-10H2,1-2H3. The summed E-state index contributed by atoms with van der Waals surface area (Å²) >= 11 is 1.69. The molecule has 2 aromatic rings. The summed E-state index contributed by atoms with van der Waals surface area (Å²) in [6.45, 7) is 6.74. The lowest BCUT2D eigenvalue weighted by Gasteiger charge is -2.03. The third-order valence-corrected chi connectivity index (χ3v) is 3.64. The van der Waals surface area contributed by atoms with E-state index in [1.54, 1.807) is 11.3 Å². The van der Waals surface area contributed by atoms with Crippen molar-refractivity contribution in [3.63, 3.8) is 0 Å². The molecule has 0 spiro atoms. The van der Waals surface area contributed by atoms with Gasteiger partial charge in [-0.3, -0.25) is 0 Å². The summed E-state index contributed by atoms with van der Waals surface area (Å²) in [7, 11) is 0. The molecule has 1 aromatic heterocycles. The Morgan fingerprint density at radius 2 is 2.00 bits per heavy atom. The molecule has 4 heteroatoms. The lowest BCUT2D eigenvalue weighted by molar-refractivity contribution is 0.340. The lowest BCUT2D eigenvalue weighted by Crippen LogP contribution is -2.13. The first-order valence-corrected chi connectivity index (χ1v) is 7.59. The predicted molar refractivity (Wildman–Crippen MR) is 80.7 cm³/mol. The summed E-state index contributed by atoms with van der Waals surface area (Å²) in [5, 5.41) is 6.55. The van der Waals surface area contributed by atoms with Gasteiger partial charge in [0.15, 0.2) is 0 Å². The Bertz CT molecular complexity index is 493. The molecule has 0 radical (unpaired) electrons. The van der Waals surface area contributed by atoms with Crippen LogP contribution in [0.5, 0.6) is 5.75 Å². The largest absolute Gasteiger partial charge is 0.494 e. The second kappa shape index (κ2) is 7.26. The Balaban J connectivity index is 2.01. The third-order valence-electron chi connectivity index (χ3n) is 2.70. The molecule has 19 heavy (non-hydrogen) atoms. The average Bonchev–Trinajstić information content (AvgIpc) is 2.89. The highest BCUT2D eigenvalue weighted by atomic mass is 32.1. The Kier molecular flexibility index (Phi) is 5.36. The molecule has 3 nitrogen and oxygen atoms in total. The molecule has 1 N–H and O–H groups in total. The minimum atomic E-state index is 0.698. The molecule has 1 heterocycles. The third kappa shape index (κ3) is 4.04. The van der Waals surface area contributed by atoms with E-state index >= 15 is 0 Å². The number of nitrogens with one attached hydrogen (secondary N) is 1. The summed E-state index contributed by atoms with van der Waals surface area (Å²) in [5.41, 5.74) is 2.26. The van der Waals surface area contributed by atoms with Crippen molar-refractivity contribution < 1.29 is 4.74 Å². The van der Waals surface area contributed by atoms with Gasteiger partial charge in [-0.1, -0.05) is 6.92 Å². The molecule has 0 aliphatic heterocycles. The Hall–Kier alpha value is -1.39. The molecular formula is C15H20N2OS. The Morgan fingerprint density at radius 3 is 2.68 bits per heavy atom. The minimum Gasteiger partial charge on any atom is -0.494 e. The first kappa shape index (κ1) is 14.0. The Morgan fingerprint density at radius 1 is 1.21 bits per heavy atom. The summed E-state index contributed by atoms with van der Waals surface area (Å²) < 4.78 is 5.44. The lowest BCUT2D eigenvalue weighted by atomic mass is 10.2. The predicted octanol–water partition coefficient (Wildman–Crippen LogP) is 3.71. The molecule has 1 aromatic carbocycles. The average molecular weight is 276 g/mol. The van der Waals surface area contributed by atoms with Crippen LogP contribution in [0.2, 0.25) is 0 Å². The smallest absolute Gasteiger partial charge is 0.123 e. The van der Waals surface area contributed by atoms with E-state index in [-0.39, 0.29) is 0 Å². The monoisotopic (exact) mass is 276 g/mol. The highest BCUT2D eigenvalue weighted by Crippen LogP contribution is 2.25. The normalized spacial score (nSPS) is 10.6. The number of thiazole rings is 1. The van der Waals surface area contributed by atoms with Gasteiger partial charge in [0.05, 0.1) is 12.3 Å². The fourth-order valence-electron chi connectivity index (χ4n) is 1.77. The van der Waals surface area contributed by atoms with Gasteiger partial charge >= 0.3 is 0 Å². The van der Waals surface area contributed by atoms with Crippen LogP contribution < -0.4 is 10.1 Å². The van der Waals surface area contributed by atoms with Gasteiger partial charge in [0.2, 0.25) is 0 Å². The van der Waals surface area contributed by atoms with Gasteiger partial charge < -0.3 is 10.1 Å². The van der Waals surface area contributed by atoms with Gasteiger partial charge in [-0.15, -0.1) is 11.3 Å². The van der Waals surface area contributed by atoms with Crippen LogP contribution in [0.3, 0.4) is 0 Å². The minimum absolute atomic E-state index is 0.698. The zero-order chi connectivity index (χ0) is 13.5. The fraction of sp³-hybridized carbons (Fsp3) is 0.400. The van der Waals surface area contributed by atoms with Crippen LogP contribution in [0.15, 0.2) is 29.6 Å². The Labute approximate surface area is 118 Å². The fourth-order valence-corrected chi connectivity index (χ4v) is 2.60. The van der Waals surface area contributed by atoms with Crippen molar-refractivity contribution >= 4 is 11.3 Å². The summed E-state index contributed by atoms with van der Waals surface area (Å²) in [4.78, 5) is 4.64. The van der Waals surface area contributed by atoms with E-state index in [2.05, 4.69) is 34.7 Å². The van der Waals surface area contributed by atoms with E-state index in [0.29, 0.717) is 6.61 Å². The number of hydrogen-bond donors (Lipinski definition) is 1. The molecule has 0 bridgehead atoms. The highest BCUT2D eigenvalue weighted by molar-refractivity contribution is 7.13. The number of hydrogen-bond acceptors (Lipinski definition) is 4. The van der Waals surface area contributed by atoms with E-state index in [4.69, 9.17) is 4.74 Å². The van der Waals surface area contributed by atoms with Crippen molar-refractivity contribution in [2.75, 3.05) is 13.2 Å². The molecule has 0 saturated carbocycles. The molecule has 0 fully saturated rings. The zero-order valence-corrected chi connectivity index (χ0v) is 12.3. The van der Waals surface area contributed by atoms with E-state index in [1.165, 1.54) is 0 Å². The maximum absolute atomic E-state index is 5.44. The number of ether oxygens (including phenoxy) is 1. The van der Waals surface area contributed by atoms with Crippen LogP contribution in [0, 0.1) is 0 Å².